The lowest BCUT2D eigenvalue weighted by atomic mass is 10.1. The Morgan fingerprint density at radius 3 is 1.63 bits per heavy atom. The first kappa shape index (κ1) is 51.1. The number of unbranched alkanes of at least 4 members (excludes halogenated alkanes) is 17. The molecule has 0 aromatic heterocycles. The van der Waals surface area contributed by atoms with Crippen LogP contribution < -0.4 is 11.1 Å². The van der Waals surface area contributed by atoms with Crippen molar-refractivity contribution in [3.05, 3.63) is 60.8 Å². The average molecular weight is 755 g/mol. The predicted octanol–water partition coefficient (Wildman–Crippen LogP) is 12.6. The number of aliphatic carboxylic acids is 1. The zero-order valence-electron chi connectivity index (χ0n) is 34.8. The van der Waals surface area contributed by atoms with Gasteiger partial charge in [-0.3, -0.25) is 9.59 Å². The molecule has 0 heterocycles. The van der Waals surface area contributed by atoms with Gasteiger partial charge in [-0.15, -0.1) is 0 Å². The number of nitrogens with one attached hydrogen (secondary N) is 1. The summed E-state index contributed by atoms with van der Waals surface area (Å²) in [6, 6.07) is -0.894. The fraction of sp³-hybridized carbons (Fsp3) is 0.723. The normalized spacial score (nSPS) is 13.2. The van der Waals surface area contributed by atoms with Crippen LogP contribution in [-0.4, -0.2) is 41.6 Å². The Balaban J connectivity index is 4.36. The number of amides is 1. The predicted molar refractivity (Wildman–Crippen MR) is 229 cm³/mol. The van der Waals surface area contributed by atoms with Crippen LogP contribution in [0, 0.1) is 0 Å². The Hall–Kier alpha value is -2.93. The summed E-state index contributed by atoms with van der Waals surface area (Å²) in [5.74, 6) is -1.42. The molecule has 0 bridgehead atoms. The minimum atomic E-state index is -1.03. The van der Waals surface area contributed by atoms with Crippen molar-refractivity contribution >= 4 is 17.8 Å². The van der Waals surface area contributed by atoms with Crippen LogP contribution in [0.4, 0.5) is 0 Å². The molecule has 1 amide bonds. The van der Waals surface area contributed by atoms with E-state index in [0.29, 0.717) is 38.6 Å². The summed E-state index contributed by atoms with van der Waals surface area (Å²) in [4.78, 5) is 36.5. The van der Waals surface area contributed by atoms with Gasteiger partial charge in [-0.2, -0.15) is 0 Å². The van der Waals surface area contributed by atoms with Crippen molar-refractivity contribution in [2.24, 2.45) is 5.73 Å². The van der Waals surface area contributed by atoms with Crippen LogP contribution >= 0.6 is 0 Å². The van der Waals surface area contributed by atoms with Gasteiger partial charge in [-0.05, 0) is 103 Å². The molecule has 54 heavy (non-hydrogen) atoms. The number of carboxylic acid groups (broad SMARTS) is 1. The van der Waals surface area contributed by atoms with Crippen LogP contribution in [0.2, 0.25) is 0 Å². The van der Waals surface area contributed by atoms with Gasteiger partial charge in [-0.25, -0.2) is 4.79 Å². The monoisotopic (exact) mass is 755 g/mol. The van der Waals surface area contributed by atoms with Crippen molar-refractivity contribution in [2.75, 3.05) is 6.54 Å². The second-order valence-electron chi connectivity index (χ2n) is 14.7. The molecule has 0 aromatic rings. The van der Waals surface area contributed by atoms with E-state index >= 15 is 0 Å². The molecule has 0 spiro atoms. The van der Waals surface area contributed by atoms with E-state index in [9.17, 15) is 19.5 Å². The van der Waals surface area contributed by atoms with E-state index in [0.717, 1.165) is 51.4 Å². The quantitative estimate of drug-likeness (QED) is 0.0327. The molecular weight excluding hydrogens is 673 g/mol. The fourth-order valence-corrected chi connectivity index (χ4v) is 6.24. The molecule has 310 valence electrons. The van der Waals surface area contributed by atoms with Gasteiger partial charge in [0.05, 0.1) is 0 Å². The molecule has 7 heteroatoms. The number of carboxylic acids is 1. The number of ether oxygens (including phenoxy) is 1. The highest BCUT2D eigenvalue weighted by atomic mass is 16.5. The average Bonchev–Trinajstić information content (AvgIpc) is 3.15. The molecule has 7 nitrogen and oxygen atoms in total. The Morgan fingerprint density at radius 1 is 0.574 bits per heavy atom. The fourth-order valence-electron chi connectivity index (χ4n) is 6.24. The summed E-state index contributed by atoms with van der Waals surface area (Å²) in [5, 5.41) is 11.9. The topological polar surface area (TPSA) is 119 Å². The molecule has 0 saturated heterocycles. The molecule has 4 N–H and O–H groups in total. The standard InChI is InChI=1S/C47H82N2O5/c1-3-5-7-9-11-13-15-16-17-18-19-20-21-22-24-26-28-30-35-41-46(51)54-43(37-32-29-27-25-23-14-12-10-8-6-4-2)38-33-31-34-40-45(50)49-44(47(52)53)39-36-42-48/h6,8,12,14,16-17,25,27,32,37,43-44H,3-5,7,9-11,13,15,18-24,26,28-31,33-36,38-42,48H2,1-2H3,(H,49,50)(H,52,53)/b8-6-,14-12-,17-16-,27-25-,37-32-. The third kappa shape index (κ3) is 37.4. The minimum absolute atomic E-state index is 0.139. The maximum Gasteiger partial charge on any atom is 0.326 e. The van der Waals surface area contributed by atoms with Crippen molar-refractivity contribution in [3.63, 3.8) is 0 Å². The highest BCUT2D eigenvalue weighted by Crippen LogP contribution is 2.15. The van der Waals surface area contributed by atoms with Crippen molar-refractivity contribution in [2.45, 2.75) is 212 Å². The molecule has 2 unspecified atom stereocenters. The zero-order chi connectivity index (χ0) is 39.6. The smallest absolute Gasteiger partial charge is 0.326 e. The number of rotatable bonds is 39. The second kappa shape index (κ2) is 41.2. The number of hydrogen-bond acceptors (Lipinski definition) is 5. The molecule has 0 fully saturated rings. The molecule has 0 aliphatic carbocycles. The first-order valence-electron chi connectivity index (χ1n) is 22.1. The van der Waals surface area contributed by atoms with Crippen LogP contribution in [0.1, 0.15) is 200 Å². The molecule has 2 atom stereocenters. The molecular formula is C47H82N2O5. The Labute approximate surface area is 331 Å². The Kier molecular flexibility index (Phi) is 39.0. The SMILES string of the molecule is CC/C=C\C/C=C\C/C=C\C/C=C\C(CCCCCC(=O)NC(CCCN)C(=O)O)OC(=O)CCCCCCCCCCC/C=C\CCCCCCCC. The van der Waals surface area contributed by atoms with Gasteiger partial charge in [0.25, 0.3) is 0 Å². The maximum atomic E-state index is 12.8. The van der Waals surface area contributed by atoms with Crippen molar-refractivity contribution in [1.82, 2.24) is 5.32 Å². The number of carbonyl (C=O) groups is 3. The van der Waals surface area contributed by atoms with Gasteiger partial charge in [0.2, 0.25) is 5.91 Å². The van der Waals surface area contributed by atoms with Crippen LogP contribution in [0.25, 0.3) is 0 Å². The number of hydrogen-bond donors (Lipinski definition) is 3. The molecule has 0 radical (unpaired) electrons. The highest BCUT2D eigenvalue weighted by molar-refractivity contribution is 5.83. The van der Waals surface area contributed by atoms with Crippen LogP contribution in [0.5, 0.6) is 0 Å². The lowest BCUT2D eigenvalue weighted by Crippen LogP contribution is -2.40. The summed E-state index contributed by atoms with van der Waals surface area (Å²) in [7, 11) is 0. The van der Waals surface area contributed by atoms with E-state index in [4.69, 9.17) is 10.5 Å². The van der Waals surface area contributed by atoms with Crippen molar-refractivity contribution in [1.29, 1.82) is 0 Å². The lowest BCUT2D eigenvalue weighted by Gasteiger charge is -2.15. The molecule has 0 rings (SSSR count). The first-order chi connectivity index (χ1) is 26.4. The van der Waals surface area contributed by atoms with E-state index in [-0.39, 0.29) is 24.4 Å². The van der Waals surface area contributed by atoms with Gasteiger partial charge in [0.15, 0.2) is 0 Å². The zero-order valence-corrected chi connectivity index (χ0v) is 34.8. The third-order valence-electron chi connectivity index (χ3n) is 9.55. The van der Waals surface area contributed by atoms with Crippen molar-refractivity contribution < 1.29 is 24.2 Å². The van der Waals surface area contributed by atoms with Gasteiger partial charge < -0.3 is 20.9 Å². The number of carbonyl (C=O) groups excluding carboxylic acids is 2. The van der Waals surface area contributed by atoms with E-state index in [1.165, 1.54) is 96.3 Å². The Bertz CT molecular complexity index is 1030. The minimum Gasteiger partial charge on any atom is -0.480 e. The summed E-state index contributed by atoms with van der Waals surface area (Å²) in [5.41, 5.74) is 5.49. The summed E-state index contributed by atoms with van der Waals surface area (Å²) in [6.45, 7) is 4.80. The van der Waals surface area contributed by atoms with Crippen LogP contribution in [-0.2, 0) is 19.1 Å². The van der Waals surface area contributed by atoms with E-state index in [1.54, 1.807) is 0 Å². The Morgan fingerprint density at radius 2 is 1.07 bits per heavy atom. The molecule has 0 aromatic carbocycles. The highest BCUT2D eigenvalue weighted by Gasteiger charge is 2.19. The van der Waals surface area contributed by atoms with Gasteiger partial charge >= 0.3 is 11.9 Å². The third-order valence-corrected chi connectivity index (χ3v) is 9.55. The summed E-state index contributed by atoms with van der Waals surface area (Å²) in [6.07, 6.45) is 51.4. The molecule has 0 aliphatic heterocycles. The van der Waals surface area contributed by atoms with E-state index < -0.39 is 12.0 Å². The first-order valence-corrected chi connectivity index (χ1v) is 22.1. The second-order valence-corrected chi connectivity index (χ2v) is 14.7. The lowest BCUT2D eigenvalue weighted by molar-refractivity contribution is -0.147. The van der Waals surface area contributed by atoms with Crippen LogP contribution in [0.15, 0.2) is 60.8 Å². The number of esters is 1. The van der Waals surface area contributed by atoms with Crippen molar-refractivity contribution in [3.8, 4) is 0 Å². The van der Waals surface area contributed by atoms with E-state index in [2.05, 4.69) is 73.8 Å². The van der Waals surface area contributed by atoms with Crippen LogP contribution in [0.3, 0.4) is 0 Å². The van der Waals surface area contributed by atoms with Gasteiger partial charge in [0, 0.05) is 12.8 Å². The summed E-state index contributed by atoms with van der Waals surface area (Å²) < 4.78 is 5.90. The summed E-state index contributed by atoms with van der Waals surface area (Å²) >= 11 is 0. The number of nitrogens with two attached hydrogens (primary N) is 1. The number of allylic oxidation sites excluding steroid dienone is 9. The van der Waals surface area contributed by atoms with Gasteiger partial charge in [0.1, 0.15) is 12.1 Å². The van der Waals surface area contributed by atoms with E-state index in [1.807, 2.05) is 6.08 Å². The molecule has 0 aliphatic rings. The molecule has 0 saturated carbocycles. The largest absolute Gasteiger partial charge is 0.480 e. The maximum absolute atomic E-state index is 12.8. The van der Waals surface area contributed by atoms with Gasteiger partial charge in [-0.1, -0.05) is 152 Å².